The predicted molar refractivity (Wildman–Crippen MR) is 73.3 cm³/mol. The maximum Gasteiger partial charge on any atom is 0.146 e. The van der Waals surface area contributed by atoms with E-state index in [2.05, 4.69) is 22.0 Å². The smallest absolute Gasteiger partial charge is 0.146 e. The third-order valence-electron chi connectivity index (χ3n) is 2.68. The maximum absolute atomic E-state index is 13.7. The fourth-order valence-corrected chi connectivity index (χ4v) is 2.20. The lowest BCUT2D eigenvalue weighted by Crippen LogP contribution is -2.12. The Bertz CT molecular complexity index is 619. The van der Waals surface area contributed by atoms with Crippen molar-refractivity contribution in [3.63, 3.8) is 0 Å². The lowest BCUT2D eigenvalue weighted by Gasteiger charge is -2.21. The van der Waals surface area contributed by atoms with Crippen LogP contribution in [0.3, 0.4) is 0 Å². The highest BCUT2D eigenvalue weighted by Gasteiger charge is 2.14. The van der Waals surface area contributed by atoms with E-state index in [1.165, 1.54) is 6.07 Å². The molecule has 0 atom stereocenters. The second-order valence-corrected chi connectivity index (χ2v) is 4.61. The van der Waals surface area contributed by atoms with Crippen LogP contribution in [0.4, 0.5) is 15.8 Å². The van der Waals surface area contributed by atoms with Crippen molar-refractivity contribution in [2.24, 2.45) is 0 Å². The monoisotopic (exact) mass is 304 g/mol. The van der Waals surface area contributed by atoms with Gasteiger partial charge in [-0.05, 0) is 40.2 Å². The molecule has 0 radical (unpaired) electrons. The van der Waals surface area contributed by atoms with Crippen LogP contribution < -0.4 is 4.90 Å². The van der Waals surface area contributed by atoms with Crippen LogP contribution >= 0.6 is 15.9 Å². The van der Waals surface area contributed by atoms with Crippen LogP contribution in [-0.2, 0) is 0 Å². The minimum absolute atomic E-state index is 0.316. The van der Waals surface area contributed by atoms with Gasteiger partial charge in [-0.3, -0.25) is 0 Å². The minimum atomic E-state index is -0.316. The zero-order valence-corrected chi connectivity index (χ0v) is 11.3. The summed E-state index contributed by atoms with van der Waals surface area (Å²) in [7, 11) is 1.74. The summed E-state index contributed by atoms with van der Waals surface area (Å²) in [5.74, 6) is -0.316. The molecule has 0 saturated carbocycles. The Kier molecular flexibility index (Phi) is 3.63. The number of hydrogen-bond acceptors (Lipinski definition) is 2. The molecular formula is C14H10BrFN2. The van der Waals surface area contributed by atoms with Crippen LogP contribution in [0.25, 0.3) is 0 Å². The SMILES string of the molecule is CN(c1ccccc1F)c1cccc(Br)c1C#N. The number of nitriles is 1. The fourth-order valence-electron chi connectivity index (χ4n) is 1.76. The number of rotatable bonds is 2. The first kappa shape index (κ1) is 12.6. The summed E-state index contributed by atoms with van der Waals surface area (Å²) in [4.78, 5) is 1.67. The molecule has 0 amide bonds. The molecule has 0 fully saturated rings. The first-order chi connectivity index (χ1) is 8.65. The number of hydrogen-bond donors (Lipinski definition) is 0. The molecule has 0 bridgehead atoms. The standard InChI is InChI=1S/C14H10BrFN2/c1-18(14-7-3-2-6-12(14)16)13-8-4-5-11(15)10(13)9-17/h2-8H,1H3. The third kappa shape index (κ3) is 2.22. The molecule has 0 aromatic heterocycles. The molecule has 2 aromatic rings. The highest BCUT2D eigenvalue weighted by atomic mass is 79.9. The topological polar surface area (TPSA) is 27.0 Å². The summed E-state index contributed by atoms with van der Waals surface area (Å²) < 4.78 is 14.4. The summed E-state index contributed by atoms with van der Waals surface area (Å²) in [5.41, 5.74) is 1.59. The van der Waals surface area contributed by atoms with Crippen LogP contribution in [-0.4, -0.2) is 7.05 Å². The van der Waals surface area contributed by atoms with Crippen molar-refractivity contribution in [1.29, 1.82) is 5.26 Å². The Morgan fingerprint density at radius 3 is 2.44 bits per heavy atom. The average Bonchev–Trinajstić information content (AvgIpc) is 2.38. The Balaban J connectivity index is 2.54. The van der Waals surface area contributed by atoms with Gasteiger partial charge in [0.1, 0.15) is 11.9 Å². The molecule has 2 aromatic carbocycles. The number of para-hydroxylation sites is 1. The van der Waals surface area contributed by atoms with Crippen molar-refractivity contribution in [2.75, 3.05) is 11.9 Å². The molecule has 2 rings (SSSR count). The van der Waals surface area contributed by atoms with Gasteiger partial charge in [-0.25, -0.2) is 4.39 Å². The number of benzene rings is 2. The molecule has 0 aliphatic rings. The number of anilines is 2. The summed E-state index contributed by atoms with van der Waals surface area (Å²) in [6.07, 6.45) is 0. The van der Waals surface area contributed by atoms with Gasteiger partial charge in [0.25, 0.3) is 0 Å². The average molecular weight is 305 g/mol. The van der Waals surface area contributed by atoms with Gasteiger partial charge in [-0.2, -0.15) is 5.26 Å². The van der Waals surface area contributed by atoms with Crippen LogP contribution in [0.15, 0.2) is 46.9 Å². The van der Waals surface area contributed by atoms with Crippen molar-refractivity contribution >= 4 is 27.3 Å². The van der Waals surface area contributed by atoms with Crippen LogP contribution in [0.5, 0.6) is 0 Å². The Hall–Kier alpha value is -1.86. The first-order valence-electron chi connectivity index (χ1n) is 5.32. The quantitative estimate of drug-likeness (QED) is 0.830. The molecule has 0 N–H and O–H groups in total. The highest BCUT2D eigenvalue weighted by molar-refractivity contribution is 9.10. The zero-order chi connectivity index (χ0) is 13.1. The van der Waals surface area contributed by atoms with E-state index in [1.807, 2.05) is 6.07 Å². The molecule has 2 nitrogen and oxygen atoms in total. The van der Waals surface area contributed by atoms with Crippen LogP contribution in [0.1, 0.15) is 5.56 Å². The number of halogens is 2. The summed E-state index contributed by atoms with van der Waals surface area (Å²) in [5, 5.41) is 9.16. The van der Waals surface area contributed by atoms with Crippen molar-refractivity contribution < 1.29 is 4.39 Å². The van der Waals surface area contributed by atoms with Crippen molar-refractivity contribution in [3.8, 4) is 6.07 Å². The summed E-state index contributed by atoms with van der Waals surface area (Å²) in [6, 6.07) is 14.0. The normalized spacial score (nSPS) is 9.89. The second kappa shape index (κ2) is 5.19. The molecule has 0 saturated heterocycles. The number of nitrogens with zero attached hydrogens (tertiary/aromatic N) is 2. The van der Waals surface area contributed by atoms with Crippen molar-refractivity contribution in [3.05, 3.63) is 58.3 Å². The zero-order valence-electron chi connectivity index (χ0n) is 9.69. The maximum atomic E-state index is 13.7. The van der Waals surface area contributed by atoms with Crippen LogP contribution in [0.2, 0.25) is 0 Å². The fraction of sp³-hybridized carbons (Fsp3) is 0.0714. The molecule has 0 spiro atoms. The van der Waals surface area contributed by atoms with E-state index >= 15 is 0 Å². The van der Waals surface area contributed by atoms with Gasteiger partial charge < -0.3 is 4.90 Å². The van der Waals surface area contributed by atoms with Gasteiger partial charge in [0.2, 0.25) is 0 Å². The molecule has 0 unspecified atom stereocenters. The van der Waals surface area contributed by atoms with Gasteiger partial charge >= 0.3 is 0 Å². The largest absolute Gasteiger partial charge is 0.341 e. The highest BCUT2D eigenvalue weighted by Crippen LogP contribution is 2.32. The van der Waals surface area contributed by atoms with Crippen LogP contribution in [0, 0.1) is 17.1 Å². The van der Waals surface area contributed by atoms with Gasteiger partial charge in [0.15, 0.2) is 0 Å². The molecule has 0 heterocycles. The van der Waals surface area contributed by atoms with E-state index < -0.39 is 0 Å². The Morgan fingerprint density at radius 2 is 1.78 bits per heavy atom. The molecule has 4 heteroatoms. The predicted octanol–water partition coefficient (Wildman–Crippen LogP) is 4.23. The van der Waals surface area contributed by atoms with E-state index in [0.29, 0.717) is 21.4 Å². The lowest BCUT2D eigenvalue weighted by atomic mass is 10.1. The van der Waals surface area contributed by atoms with Gasteiger partial charge in [-0.15, -0.1) is 0 Å². The van der Waals surface area contributed by atoms with Gasteiger partial charge in [0, 0.05) is 11.5 Å². The van der Waals surface area contributed by atoms with E-state index in [1.54, 1.807) is 42.3 Å². The minimum Gasteiger partial charge on any atom is -0.341 e. The Morgan fingerprint density at radius 1 is 1.11 bits per heavy atom. The molecule has 18 heavy (non-hydrogen) atoms. The third-order valence-corrected chi connectivity index (χ3v) is 3.34. The molecule has 0 aliphatic heterocycles. The van der Waals surface area contributed by atoms with E-state index in [-0.39, 0.29) is 5.82 Å². The first-order valence-corrected chi connectivity index (χ1v) is 6.11. The summed E-state index contributed by atoms with van der Waals surface area (Å²) in [6.45, 7) is 0. The molecular weight excluding hydrogens is 295 g/mol. The van der Waals surface area contributed by atoms with E-state index in [9.17, 15) is 4.39 Å². The summed E-state index contributed by atoms with van der Waals surface area (Å²) >= 11 is 3.32. The molecule has 90 valence electrons. The second-order valence-electron chi connectivity index (χ2n) is 3.76. The van der Waals surface area contributed by atoms with E-state index in [4.69, 9.17) is 5.26 Å². The lowest BCUT2D eigenvalue weighted by molar-refractivity contribution is 0.627. The van der Waals surface area contributed by atoms with Gasteiger partial charge in [0.05, 0.1) is 16.9 Å². The van der Waals surface area contributed by atoms with Crippen molar-refractivity contribution in [2.45, 2.75) is 0 Å². The Labute approximate surface area is 113 Å². The molecule has 0 aliphatic carbocycles. The van der Waals surface area contributed by atoms with Crippen molar-refractivity contribution in [1.82, 2.24) is 0 Å². The van der Waals surface area contributed by atoms with E-state index in [0.717, 1.165) is 0 Å². The van der Waals surface area contributed by atoms with Gasteiger partial charge in [-0.1, -0.05) is 18.2 Å².